The van der Waals surface area contributed by atoms with Gasteiger partial charge in [-0.15, -0.1) is 0 Å². The van der Waals surface area contributed by atoms with Crippen molar-refractivity contribution in [1.29, 1.82) is 0 Å². The molecule has 0 N–H and O–H groups in total. The topological polar surface area (TPSA) is 75.0 Å². The molecule has 242 valence electrons. The average Bonchev–Trinajstić information content (AvgIpc) is 2.88. The minimum absolute atomic E-state index is 0.0566. The Bertz CT molecular complexity index is 1530. The zero-order chi connectivity index (χ0) is 33.3. The summed E-state index contributed by atoms with van der Waals surface area (Å²) in [5.74, 6) is -3.65. The van der Waals surface area contributed by atoms with E-state index < -0.39 is 65.5 Å². The van der Waals surface area contributed by atoms with Gasteiger partial charge in [0, 0.05) is 17.0 Å². The summed E-state index contributed by atoms with van der Waals surface area (Å²) in [6.45, 7) is 9.40. The van der Waals surface area contributed by atoms with Crippen LogP contribution in [0.25, 0.3) is 22.1 Å². The van der Waals surface area contributed by atoms with Crippen molar-refractivity contribution in [2.24, 2.45) is 22.7 Å². The largest absolute Gasteiger partial charge is 0.497 e. The minimum Gasteiger partial charge on any atom is -0.497 e. The molecule has 2 aromatic carbocycles. The van der Waals surface area contributed by atoms with Crippen LogP contribution in [0.4, 0.5) is 26.3 Å². The van der Waals surface area contributed by atoms with Crippen LogP contribution in [0.2, 0.25) is 0 Å². The van der Waals surface area contributed by atoms with Crippen LogP contribution in [0, 0.1) is 22.7 Å². The van der Waals surface area contributed by atoms with E-state index in [0.717, 1.165) is 18.2 Å². The van der Waals surface area contributed by atoms with Crippen molar-refractivity contribution in [3.63, 3.8) is 0 Å². The fraction of sp³-hybridized carbons (Fsp3) is 0.500. The van der Waals surface area contributed by atoms with Gasteiger partial charge >= 0.3 is 23.9 Å². The van der Waals surface area contributed by atoms with Crippen molar-refractivity contribution in [3.8, 4) is 22.6 Å². The molecule has 0 aliphatic heterocycles. The molecule has 12 heteroatoms. The molecule has 0 radical (unpaired) electrons. The molecule has 0 saturated carbocycles. The number of halogens is 6. The van der Waals surface area contributed by atoms with Crippen molar-refractivity contribution in [1.82, 2.24) is 0 Å². The third-order valence-corrected chi connectivity index (χ3v) is 7.02. The lowest BCUT2D eigenvalue weighted by atomic mass is 9.72. The van der Waals surface area contributed by atoms with Crippen molar-refractivity contribution in [2.75, 3.05) is 20.3 Å². The van der Waals surface area contributed by atoms with Gasteiger partial charge < -0.3 is 18.6 Å². The van der Waals surface area contributed by atoms with Crippen molar-refractivity contribution >= 4 is 16.9 Å². The second-order valence-electron chi connectivity index (χ2n) is 12.9. The van der Waals surface area contributed by atoms with E-state index in [0.29, 0.717) is 6.42 Å². The summed E-state index contributed by atoms with van der Waals surface area (Å²) >= 11 is 0. The molecule has 0 amide bonds. The maximum absolute atomic E-state index is 13.8. The normalized spacial score (nSPS) is 14.3. The average molecular weight is 631 g/mol. The molecule has 1 heterocycles. The Balaban J connectivity index is 1.82. The Labute approximate surface area is 251 Å². The first-order chi connectivity index (χ1) is 20.1. The van der Waals surface area contributed by atoms with Crippen LogP contribution in [0.3, 0.4) is 0 Å². The van der Waals surface area contributed by atoms with Gasteiger partial charge in [-0.05, 0) is 53.6 Å². The first-order valence-electron chi connectivity index (χ1n) is 13.8. The predicted octanol–water partition coefficient (Wildman–Crippen LogP) is 8.69. The highest BCUT2D eigenvalue weighted by atomic mass is 19.4. The fourth-order valence-corrected chi connectivity index (χ4v) is 4.56. The number of hydrogen-bond acceptors (Lipinski definition) is 6. The van der Waals surface area contributed by atoms with Crippen LogP contribution >= 0.6 is 0 Å². The van der Waals surface area contributed by atoms with E-state index in [1.54, 1.807) is 0 Å². The van der Waals surface area contributed by atoms with Gasteiger partial charge in [0.05, 0.1) is 24.2 Å². The highest BCUT2D eigenvalue weighted by molar-refractivity contribution is 5.83. The van der Waals surface area contributed by atoms with Crippen LogP contribution in [0.1, 0.15) is 53.5 Å². The third kappa shape index (κ3) is 8.92. The maximum Gasteiger partial charge on any atom is 0.417 e. The number of hydrogen-bond donors (Lipinski definition) is 0. The van der Waals surface area contributed by atoms with Gasteiger partial charge in [0.15, 0.2) is 0 Å². The molecule has 0 fully saturated rings. The second kappa shape index (κ2) is 12.7. The molecule has 2 unspecified atom stereocenters. The molecule has 6 nitrogen and oxygen atoms in total. The summed E-state index contributed by atoms with van der Waals surface area (Å²) in [4.78, 5) is 25.6. The molecule has 1 aromatic heterocycles. The van der Waals surface area contributed by atoms with Crippen LogP contribution in [0.5, 0.6) is 11.5 Å². The molecule has 0 aliphatic carbocycles. The molecule has 0 spiro atoms. The molecule has 0 saturated heterocycles. The van der Waals surface area contributed by atoms with Gasteiger partial charge in [0.1, 0.15) is 36.2 Å². The number of esters is 1. The van der Waals surface area contributed by atoms with Crippen LogP contribution < -0.4 is 15.1 Å². The van der Waals surface area contributed by atoms with Crippen LogP contribution in [0.15, 0.2) is 51.7 Å². The van der Waals surface area contributed by atoms with Crippen molar-refractivity contribution in [2.45, 2.75) is 60.3 Å². The van der Waals surface area contributed by atoms with Crippen LogP contribution in [-0.4, -0.2) is 32.5 Å². The highest BCUT2D eigenvalue weighted by Crippen LogP contribution is 2.40. The summed E-state index contributed by atoms with van der Waals surface area (Å²) in [6.07, 6.45) is -9.14. The van der Waals surface area contributed by atoms with Gasteiger partial charge in [-0.2, -0.15) is 26.3 Å². The minimum atomic E-state index is -4.80. The summed E-state index contributed by atoms with van der Waals surface area (Å²) in [5, 5.41) is 0.212. The number of rotatable bonds is 9. The number of alkyl halides is 6. The SMILES string of the molecule is COc1ccc(-c2cc3ccc(OCC(COC(=O)C(CC(C)(C)C)C(C)(C)C)C(F)(F)F)cc3oc2=O)c(C(F)(F)F)c1. The number of methoxy groups -OCH3 is 1. The molecule has 3 aromatic rings. The van der Waals surface area contributed by atoms with E-state index in [1.807, 2.05) is 41.5 Å². The number of carbonyl (C=O) groups is 1. The Morgan fingerprint density at radius 3 is 2.02 bits per heavy atom. The molecule has 0 aliphatic rings. The van der Waals surface area contributed by atoms with Gasteiger partial charge in [0.25, 0.3) is 0 Å². The second-order valence-corrected chi connectivity index (χ2v) is 12.9. The summed E-state index contributed by atoms with van der Waals surface area (Å²) in [5.41, 5.74) is -3.88. The number of ether oxygens (including phenoxy) is 3. The Morgan fingerprint density at radius 1 is 0.841 bits per heavy atom. The van der Waals surface area contributed by atoms with Gasteiger partial charge in [-0.1, -0.05) is 41.5 Å². The molecular formula is C32H36F6O6. The Morgan fingerprint density at radius 2 is 1.48 bits per heavy atom. The standard InChI is InChI=1S/C32H36F6O6/c1-29(2,3)15-25(30(4,5)6)28(40)43-17-19(31(33,34)35)16-42-21-9-8-18-12-23(27(39)44-26(18)14-21)22-11-10-20(41-7)13-24(22)32(36,37)38/h8-14,19,25H,15-17H2,1-7H3. The van der Waals surface area contributed by atoms with Gasteiger partial charge in [0.2, 0.25) is 0 Å². The predicted molar refractivity (Wildman–Crippen MR) is 152 cm³/mol. The zero-order valence-corrected chi connectivity index (χ0v) is 25.5. The number of fused-ring (bicyclic) bond motifs is 1. The highest BCUT2D eigenvalue weighted by Gasteiger charge is 2.43. The van der Waals surface area contributed by atoms with Crippen molar-refractivity contribution < 1.29 is 49.8 Å². The molecule has 44 heavy (non-hydrogen) atoms. The van der Waals surface area contributed by atoms with Crippen molar-refractivity contribution in [3.05, 3.63) is 58.4 Å². The van der Waals surface area contributed by atoms with E-state index in [1.165, 1.54) is 31.4 Å². The van der Waals surface area contributed by atoms with Gasteiger partial charge in [-0.3, -0.25) is 4.79 Å². The zero-order valence-electron chi connectivity index (χ0n) is 25.5. The smallest absolute Gasteiger partial charge is 0.417 e. The lowest BCUT2D eigenvalue weighted by Crippen LogP contribution is -2.38. The Kier molecular flexibility index (Phi) is 10.1. The van der Waals surface area contributed by atoms with E-state index >= 15 is 0 Å². The van der Waals surface area contributed by atoms with Gasteiger partial charge in [-0.25, -0.2) is 4.79 Å². The van der Waals surface area contributed by atoms with E-state index in [9.17, 15) is 35.9 Å². The monoisotopic (exact) mass is 630 g/mol. The lowest BCUT2D eigenvalue weighted by molar-refractivity contribution is -0.199. The lowest BCUT2D eigenvalue weighted by Gasteiger charge is -2.34. The first kappa shape index (κ1) is 34.8. The third-order valence-electron chi connectivity index (χ3n) is 7.02. The molecule has 2 atom stereocenters. The number of benzene rings is 2. The number of carbonyl (C=O) groups excluding carboxylic acids is 1. The van der Waals surface area contributed by atoms with E-state index in [-0.39, 0.29) is 33.4 Å². The molecule has 3 rings (SSSR count). The summed E-state index contributed by atoms with van der Waals surface area (Å²) in [7, 11) is 1.21. The summed E-state index contributed by atoms with van der Waals surface area (Å²) in [6, 6.07) is 8.13. The van der Waals surface area contributed by atoms with E-state index in [2.05, 4.69) is 0 Å². The Hall–Kier alpha value is -3.70. The summed E-state index contributed by atoms with van der Waals surface area (Å²) < 4.78 is 103. The first-order valence-corrected chi connectivity index (χ1v) is 13.8. The fourth-order valence-electron chi connectivity index (χ4n) is 4.56. The molecule has 0 bridgehead atoms. The molecular weight excluding hydrogens is 594 g/mol. The van der Waals surface area contributed by atoms with Crippen LogP contribution in [-0.2, 0) is 15.7 Å². The van der Waals surface area contributed by atoms with E-state index in [4.69, 9.17) is 18.6 Å². The quantitative estimate of drug-likeness (QED) is 0.134. The maximum atomic E-state index is 13.8.